The predicted octanol–water partition coefficient (Wildman–Crippen LogP) is 2.29. The van der Waals surface area contributed by atoms with E-state index in [0.717, 1.165) is 51.0 Å². The normalized spacial score (nSPS) is 32.5. The molecule has 4 nitrogen and oxygen atoms in total. The number of benzene rings is 1. The molecule has 1 amide bonds. The highest BCUT2D eigenvalue weighted by atomic mass is 19.1. The molecular weight excluding hydrogens is 317 g/mol. The van der Waals surface area contributed by atoms with Gasteiger partial charge in [-0.3, -0.25) is 9.69 Å². The molecule has 1 aromatic carbocycles. The summed E-state index contributed by atoms with van der Waals surface area (Å²) in [6.45, 7) is 3.96. The number of piperidine rings is 1. The van der Waals surface area contributed by atoms with E-state index < -0.39 is 0 Å². The van der Waals surface area contributed by atoms with Crippen molar-refractivity contribution in [2.75, 3.05) is 19.6 Å². The zero-order valence-corrected chi connectivity index (χ0v) is 14.7. The maximum Gasteiger partial charge on any atom is 0.237 e. The standard InChI is InChI=1S/C20H28FN3O/c21-16-7-4-14(5-8-16)11-24-12-15-6-9-18(17(15)13-24)23-20(25)19-3-1-2-10-22-19/h4-5,7-8,15,17-19,22H,1-3,6,9-13H2,(H,23,25)/t15-,17+,18+,19?/m0/s1. The number of rotatable bonds is 4. The molecular formula is C20H28FN3O. The Morgan fingerprint density at radius 1 is 1.16 bits per heavy atom. The van der Waals surface area contributed by atoms with E-state index in [1.807, 2.05) is 12.1 Å². The van der Waals surface area contributed by atoms with E-state index in [4.69, 9.17) is 0 Å². The van der Waals surface area contributed by atoms with E-state index in [0.29, 0.717) is 17.9 Å². The summed E-state index contributed by atoms with van der Waals surface area (Å²) in [5.74, 6) is 1.27. The van der Waals surface area contributed by atoms with Crippen LogP contribution in [0.25, 0.3) is 0 Å². The van der Waals surface area contributed by atoms with Gasteiger partial charge in [-0.1, -0.05) is 18.6 Å². The average molecular weight is 345 g/mol. The summed E-state index contributed by atoms with van der Waals surface area (Å²) >= 11 is 0. The van der Waals surface area contributed by atoms with Gasteiger partial charge in [-0.25, -0.2) is 4.39 Å². The van der Waals surface area contributed by atoms with Gasteiger partial charge in [-0.05, 0) is 61.8 Å². The molecule has 1 aromatic rings. The highest BCUT2D eigenvalue weighted by Gasteiger charge is 2.43. The van der Waals surface area contributed by atoms with E-state index >= 15 is 0 Å². The summed E-state index contributed by atoms with van der Waals surface area (Å²) in [4.78, 5) is 15.0. The van der Waals surface area contributed by atoms with Gasteiger partial charge >= 0.3 is 0 Å². The third-order valence-electron chi connectivity index (χ3n) is 6.21. The molecule has 136 valence electrons. The Morgan fingerprint density at radius 2 is 2.00 bits per heavy atom. The molecule has 2 N–H and O–H groups in total. The second-order valence-electron chi connectivity index (χ2n) is 7.94. The molecule has 5 heteroatoms. The van der Waals surface area contributed by atoms with Crippen LogP contribution in [-0.2, 0) is 11.3 Å². The number of carbonyl (C=O) groups is 1. The van der Waals surface area contributed by atoms with Gasteiger partial charge in [-0.15, -0.1) is 0 Å². The fourth-order valence-corrected chi connectivity index (χ4v) is 4.87. The number of nitrogens with zero attached hydrogens (tertiary/aromatic N) is 1. The van der Waals surface area contributed by atoms with Crippen molar-refractivity contribution in [1.29, 1.82) is 0 Å². The number of nitrogens with one attached hydrogen (secondary N) is 2. The highest BCUT2D eigenvalue weighted by molar-refractivity contribution is 5.82. The van der Waals surface area contributed by atoms with Crippen LogP contribution in [0.15, 0.2) is 24.3 Å². The lowest BCUT2D eigenvalue weighted by molar-refractivity contribution is -0.124. The minimum absolute atomic E-state index is 0.00419. The molecule has 2 aliphatic heterocycles. The second kappa shape index (κ2) is 7.42. The van der Waals surface area contributed by atoms with Crippen molar-refractivity contribution in [1.82, 2.24) is 15.5 Å². The van der Waals surface area contributed by atoms with Crippen LogP contribution in [0.3, 0.4) is 0 Å². The molecule has 25 heavy (non-hydrogen) atoms. The van der Waals surface area contributed by atoms with Crippen LogP contribution in [0.1, 0.15) is 37.7 Å². The van der Waals surface area contributed by atoms with Crippen molar-refractivity contribution in [2.45, 2.75) is 50.7 Å². The molecule has 0 bridgehead atoms. The topological polar surface area (TPSA) is 44.4 Å². The summed E-state index contributed by atoms with van der Waals surface area (Å²) in [7, 11) is 0. The quantitative estimate of drug-likeness (QED) is 0.880. The van der Waals surface area contributed by atoms with Crippen LogP contribution in [0, 0.1) is 17.7 Å². The summed E-state index contributed by atoms with van der Waals surface area (Å²) in [5.41, 5.74) is 1.16. The summed E-state index contributed by atoms with van der Waals surface area (Å²) in [6.07, 6.45) is 5.60. The Bertz CT molecular complexity index is 599. The fourth-order valence-electron chi connectivity index (χ4n) is 4.87. The Kier molecular flexibility index (Phi) is 5.04. The summed E-state index contributed by atoms with van der Waals surface area (Å²) in [6, 6.07) is 7.14. The molecule has 4 rings (SSSR count). The van der Waals surface area contributed by atoms with Gasteiger partial charge < -0.3 is 10.6 Å². The first-order valence-corrected chi connectivity index (χ1v) is 9.69. The first-order chi connectivity index (χ1) is 12.2. The molecule has 2 saturated heterocycles. The van der Waals surface area contributed by atoms with Gasteiger partial charge in [-0.2, -0.15) is 0 Å². The number of hydrogen-bond acceptors (Lipinski definition) is 3. The molecule has 1 aliphatic carbocycles. The van der Waals surface area contributed by atoms with Gasteiger partial charge in [0.15, 0.2) is 0 Å². The van der Waals surface area contributed by atoms with Crippen molar-refractivity contribution in [3.8, 4) is 0 Å². The highest BCUT2D eigenvalue weighted by Crippen LogP contribution is 2.38. The van der Waals surface area contributed by atoms with Crippen LogP contribution < -0.4 is 10.6 Å². The number of halogens is 1. The predicted molar refractivity (Wildman–Crippen MR) is 95.5 cm³/mol. The summed E-state index contributed by atoms with van der Waals surface area (Å²) in [5, 5.41) is 6.68. The fraction of sp³-hybridized carbons (Fsp3) is 0.650. The van der Waals surface area contributed by atoms with Gasteiger partial charge in [0, 0.05) is 25.7 Å². The molecule has 1 saturated carbocycles. The smallest absolute Gasteiger partial charge is 0.237 e. The minimum Gasteiger partial charge on any atom is -0.352 e. The lowest BCUT2D eigenvalue weighted by Crippen LogP contribution is -2.50. The number of carbonyl (C=O) groups excluding carboxylic acids is 1. The molecule has 1 unspecified atom stereocenters. The monoisotopic (exact) mass is 345 g/mol. The van der Waals surface area contributed by atoms with E-state index in [1.54, 1.807) is 0 Å². The Labute approximate surface area is 149 Å². The van der Waals surface area contributed by atoms with Crippen LogP contribution in [0.4, 0.5) is 4.39 Å². The van der Waals surface area contributed by atoms with E-state index in [9.17, 15) is 9.18 Å². The van der Waals surface area contributed by atoms with E-state index in [2.05, 4.69) is 15.5 Å². The molecule has 2 heterocycles. The van der Waals surface area contributed by atoms with Gasteiger partial charge in [0.2, 0.25) is 5.91 Å². The average Bonchev–Trinajstić information content (AvgIpc) is 3.19. The first-order valence-electron chi connectivity index (χ1n) is 9.69. The third kappa shape index (κ3) is 3.87. The Hall–Kier alpha value is -1.46. The minimum atomic E-state index is -0.180. The number of amides is 1. The Morgan fingerprint density at radius 3 is 2.76 bits per heavy atom. The van der Waals surface area contributed by atoms with Crippen molar-refractivity contribution in [3.05, 3.63) is 35.6 Å². The molecule has 0 spiro atoms. The van der Waals surface area contributed by atoms with Gasteiger partial charge in [0.05, 0.1) is 6.04 Å². The van der Waals surface area contributed by atoms with Gasteiger partial charge in [0.25, 0.3) is 0 Å². The van der Waals surface area contributed by atoms with Gasteiger partial charge in [0.1, 0.15) is 5.82 Å². The molecule has 0 radical (unpaired) electrons. The molecule has 3 fully saturated rings. The maximum absolute atomic E-state index is 13.1. The lowest BCUT2D eigenvalue weighted by Gasteiger charge is -2.27. The SMILES string of the molecule is O=C(N[C@@H]1CC[C@H]2CN(Cc3ccc(F)cc3)C[C@H]21)C1CCCCN1. The number of hydrogen-bond donors (Lipinski definition) is 2. The first kappa shape index (κ1) is 17.0. The molecule has 4 atom stereocenters. The Balaban J connectivity index is 1.31. The number of likely N-dealkylation sites (tertiary alicyclic amines) is 1. The van der Waals surface area contributed by atoms with E-state index in [-0.39, 0.29) is 17.8 Å². The van der Waals surface area contributed by atoms with Crippen LogP contribution in [0.5, 0.6) is 0 Å². The zero-order chi connectivity index (χ0) is 17.2. The van der Waals surface area contributed by atoms with Crippen LogP contribution in [-0.4, -0.2) is 42.5 Å². The van der Waals surface area contributed by atoms with Crippen molar-refractivity contribution >= 4 is 5.91 Å². The lowest BCUT2D eigenvalue weighted by atomic mass is 9.97. The van der Waals surface area contributed by atoms with Crippen LogP contribution >= 0.6 is 0 Å². The maximum atomic E-state index is 13.1. The molecule has 0 aromatic heterocycles. The van der Waals surface area contributed by atoms with Crippen LogP contribution in [0.2, 0.25) is 0 Å². The second-order valence-corrected chi connectivity index (χ2v) is 7.94. The summed E-state index contributed by atoms with van der Waals surface area (Å²) < 4.78 is 13.1. The zero-order valence-electron chi connectivity index (χ0n) is 14.7. The van der Waals surface area contributed by atoms with E-state index in [1.165, 1.54) is 25.0 Å². The van der Waals surface area contributed by atoms with Crippen molar-refractivity contribution in [2.24, 2.45) is 11.8 Å². The number of fused-ring (bicyclic) bond motifs is 1. The van der Waals surface area contributed by atoms with Crippen molar-refractivity contribution < 1.29 is 9.18 Å². The molecule has 3 aliphatic rings. The third-order valence-corrected chi connectivity index (χ3v) is 6.21. The largest absolute Gasteiger partial charge is 0.352 e. The van der Waals surface area contributed by atoms with Crippen molar-refractivity contribution in [3.63, 3.8) is 0 Å².